The van der Waals surface area contributed by atoms with E-state index in [9.17, 15) is 19.8 Å². The average Bonchev–Trinajstić information content (AvgIpc) is 3.52. The SMILES string of the molecule is CNCc1cc(OCc2ccccc2)c2c(c1N(C)C)CC1C[C@H]3[C@H](N(C)C)c4onc(OCc5ccccc5)c4C(=O)[C@@]3(O)C(O)=C1C2=O. The van der Waals surface area contributed by atoms with E-state index >= 15 is 0 Å². The maximum absolute atomic E-state index is 14.8. The van der Waals surface area contributed by atoms with Gasteiger partial charge in [-0.2, -0.15) is 0 Å². The molecule has 0 spiro atoms. The van der Waals surface area contributed by atoms with Crippen LogP contribution in [0.3, 0.4) is 0 Å². The van der Waals surface area contributed by atoms with Crippen LogP contribution in [0.5, 0.6) is 11.6 Å². The van der Waals surface area contributed by atoms with Crippen LogP contribution in [-0.2, 0) is 26.2 Å². The van der Waals surface area contributed by atoms with Crippen molar-refractivity contribution < 1.29 is 33.8 Å². The number of carbonyl (C=O) groups excluding carboxylic acids is 2. The Kier molecular flexibility index (Phi) is 8.75. The van der Waals surface area contributed by atoms with E-state index in [2.05, 4.69) is 10.5 Å². The van der Waals surface area contributed by atoms with Gasteiger partial charge < -0.3 is 34.4 Å². The summed E-state index contributed by atoms with van der Waals surface area (Å²) in [4.78, 5) is 33.1. The third kappa shape index (κ3) is 5.37. The lowest BCUT2D eigenvalue weighted by molar-refractivity contribution is -0.0559. The molecule has 0 fully saturated rings. The summed E-state index contributed by atoms with van der Waals surface area (Å²) in [6.07, 6.45) is 0.627. The molecule has 3 aromatic carbocycles. The highest BCUT2D eigenvalue weighted by Gasteiger charge is 2.64. The molecule has 11 heteroatoms. The van der Waals surface area contributed by atoms with Crippen LogP contribution in [0.25, 0.3) is 0 Å². The predicted octanol–water partition coefficient (Wildman–Crippen LogP) is 5.04. The van der Waals surface area contributed by atoms with Gasteiger partial charge in [-0.25, -0.2) is 0 Å². The molecule has 0 saturated carbocycles. The molecule has 4 atom stereocenters. The fourth-order valence-electron chi connectivity index (χ4n) is 8.09. The van der Waals surface area contributed by atoms with Gasteiger partial charge in [0, 0.05) is 37.8 Å². The van der Waals surface area contributed by atoms with E-state index in [4.69, 9.17) is 14.0 Å². The Hall–Kier alpha value is -4.97. The van der Waals surface area contributed by atoms with Crippen molar-refractivity contribution in [2.24, 2.45) is 11.8 Å². The number of carbonyl (C=O) groups is 2. The molecule has 3 N–H and O–H groups in total. The number of nitrogens with one attached hydrogen (secondary N) is 1. The molecular formula is C39H42N4O7. The summed E-state index contributed by atoms with van der Waals surface area (Å²) >= 11 is 0. The molecule has 1 heterocycles. The van der Waals surface area contributed by atoms with Gasteiger partial charge in [0.05, 0.1) is 11.6 Å². The number of aliphatic hydroxyl groups is 2. The molecule has 7 rings (SSSR count). The second-order valence-corrected chi connectivity index (χ2v) is 13.8. The van der Waals surface area contributed by atoms with E-state index in [1.807, 2.05) is 112 Å². The molecule has 260 valence electrons. The first-order valence-electron chi connectivity index (χ1n) is 16.8. The highest BCUT2D eigenvalue weighted by Crippen LogP contribution is 2.57. The molecular weight excluding hydrogens is 636 g/mol. The number of Topliss-reactive ketones (excluding diaryl/α,β-unsaturated/α-hetero) is 2. The smallest absolute Gasteiger partial charge is 0.265 e. The Morgan fingerprint density at radius 1 is 0.960 bits per heavy atom. The molecule has 50 heavy (non-hydrogen) atoms. The number of aliphatic hydroxyl groups excluding tert-OH is 1. The van der Waals surface area contributed by atoms with Crippen molar-refractivity contribution in [3.8, 4) is 11.6 Å². The zero-order chi connectivity index (χ0) is 35.3. The van der Waals surface area contributed by atoms with E-state index in [1.54, 1.807) is 0 Å². The highest BCUT2D eigenvalue weighted by molar-refractivity contribution is 6.16. The number of nitrogens with zero attached hydrogens (tertiary/aromatic N) is 3. The Labute approximate surface area is 291 Å². The summed E-state index contributed by atoms with van der Waals surface area (Å²) < 4.78 is 18.1. The molecule has 1 aromatic heterocycles. The van der Waals surface area contributed by atoms with Gasteiger partial charge in [-0.1, -0.05) is 60.7 Å². The van der Waals surface area contributed by atoms with E-state index in [0.717, 1.165) is 27.9 Å². The number of anilines is 1. The predicted molar refractivity (Wildman–Crippen MR) is 187 cm³/mol. The average molecular weight is 679 g/mol. The Bertz CT molecular complexity index is 1970. The maximum Gasteiger partial charge on any atom is 0.265 e. The molecule has 0 saturated heterocycles. The van der Waals surface area contributed by atoms with E-state index in [1.165, 1.54) is 0 Å². The zero-order valence-corrected chi connectivity index (χ0v) is 28.9. The summed E-state index contributed by atoms with van der Waals surface area (Å²) in [5.41, 5.74) is 2.36. The van der Waals surface area contributed by atoms with Crippen molar-refractivity contribution in [2.75, 3.05) is 40.1 Å². The van der Waals surface area contributed by atoms with Crippen LogP contribution in [0, 0.1) is 11.8 Å². The van der Waals surface area contributed by atoms with Crippen molar-refractivity contribution >= 4 is 17.3 Å². The van der Waals surface area contributed by atoms with Gasteiger partial charge in [-0.05, 0) is 73.4 Å². The van der Waals surface area contributed by atoms with Gasteiger partial charge >= 0.3 is 0 Å². The maximum atomic E-state index is 14.8. The third-order valence-corrected chi connectivity index (χ3v) is 10.2. The number of ether oxygens (including phenoxy) is 2. The van der Waals surface area contributed by atoms with E-state index < -0.39 is 40.8 Å². The number of allylic oxidation sites excluding steroid dienone is 1. The number of fused-ring (bicyclic) bond motifs is 4. The first-order chi connectivity index (χ1) is 24.1. The van der Waals surface area contributed by atoms with Crippen molar-refractivity contribution in [3.05, 3.63) is 117 Å². The molecule has 4 aromatic rings. The lowest BCUT2D eigenvalue weighted by Gasteiger charge is -2.49. The van der Waals surface area contributed by atoms with Crippen LogP contribution in [0.4, 0.5) is 5.69 Å². The fourth-order valence-corrected chi connectivity index (χ4v) is 8.09. The first-order valence-corrected chi connectivity index (χ1v) is 16.8. The first kappa shape index (κ1) is 33.5. The Balaban J connectivity index is 1.34. The summed E-state index contributed by atoms with van der Waals surface area (Å²) in [5.74, 6) is -2.65. The highest BCUT2D eigenvalue weighted by atomic mass is 16.5. The lowest BCUT2D eigenvalue weighted by Crippen LogP contribution is -2.59. The molecule has 0 radical (unpaired) electrons. The van der Waals surface area contributed by atoms with E-state index in [-0.39, 0.29) is 42.4 Å². The number of hydrogen-bond acceptors (Lipinski definition) is 11. The van der Waals surface area contributed by atoms with Crippen molar-refractivity contribution in [3.63, 3.8) is 0 Å². The number of benzene rings is 3. The largest absolute Gasteiger partial charge is 0.508 e. The number of ketones is 2. The molecule has 0 aliphatic heterocycles. The fraction of sp³-hybridized carbons (Fsp3) is 0.359. The van der Waals surface area contributed by atoms with Gasteiger partial charge in [0.15, 0.2) is 17.1 Å². The summed E-state index contributed by atoms with van der Waals surface area (Å²) in [5, 5.41) is 32.0. The number of aromatic nitrogens is 1. The van der Waals surface area contributed by atoms with Crippen LogP contribution >= 0.6 is 0 Å². The monoisotopic (exact) mass is 678 g/mol. The topological polar surface area (TPSA) is 138 Å². The standard InChI is InChI=1S/C39H42N4O7/c1-40-19-25-18-28(48-20-22-12-8-6-9-13-22)30-26(32(25)42(2)3)16-24-17-27-33(43(4)5)35-31(37(46)39(27,47)36(45)29(24)34(30)44)38(41-50-35)49-21-23-14-10-7-11-15-23/h6-15,18,24,27,33,40,45,47H,16-17,19-21H2,1-5H3/t24?,27-,33-,39-/m0/s1. The van der Waals surface area contributed by atoms with Gasteiger partial charge in [0.1, 0.15) is 30.3 Å². The van der Waals surface area contributed by atoms with Crippen LogP contribution in [0.15, 0.2) is 82.6 Å². The second-order valence-electron chi connectivity index (χ2n) is 13.8. The second kappa shape index (κ2) is 13.1. The molecule has 3 aliphatic carbocycles. The van der Waals surface area contributed by atoms with Crippen LogP contribution in [0.2, 0.25) is 0 Å². The van der Waals surface area contributed by atoms with Crippen LogP contribution in [-0.4, -0.2) is 72.7 Å². The Morgan fingerprint density at radius 2 is 1.60 bits per heavy atom. The zero-order valence-electron chi connectivity index (χ0n) is 28.9. The summed E-state index contributed by atoms with van der Waals surface area (Å²) in [6.45, 7) is 0.881. The molecule has 0 bridgehead atoms. The van der Waals surface area contributed by atoms with Crippen molar-refractivity contribution in [2.45, 2.75) is 44.2 Å². The molecule has 1 unspecified atom stereocenters. The van der Waals surface area contributed by atoms with Crippen LogP contribution < -0.4 is 19.7 Å². The van der Waals surface area contributed by atoms with Crippen molar-refractivity contribution in [1.82, 2.24) is 15.4 Å². The third-order valence-electron chi connectivity index (χ3n) is 10.2. The van der Waals surface area contributed by atoms with Gasteiger partial charge in [-0.15, -0.1) is 0 Å². The minimum atomic E-state index is -2.42. The molecule has 0 amide bonds. The number of hydrogen-bond donors (Lipinski definition) is 3. The normalized spacial score (nSPS) is 22.5. The van der Waals surface area contributed by atoms with Gasteiger partial charge in [0.25, 0.3) is 5.88 Å². The van der Waals surface area contributed by atoms with Crippen LogP contribution in [0.1, 0.15) is 61.2 Å². The lowest BCUT2D eigenvalue weighted by atomic mass is 9.58. The minimum absolute atomic E-state index is 0.0318. The van der Waals surface area contributed by atoms with Crippen molar-refractivity contribution in [1.29, 1.82) is 0 Å². The molecule has 3 aliphatic rings. The summed E-state index contributed by atoms with van der Waals surface area (Å²) in [7, 11) is 9.39. The number of rotatable bonds is 10. The van der Waals surface area contributed by atoms with Gasteiger partial charge in [0.2, 0.25) is 5.78 Å². The molecule has 11 nitrogen and oxygen atoms in total. The minimum Gasteiger partial charge on any atom is -0.508 e. The van der Waals surface area contributed by atoms with Gasteiger partial charge in [-0.3, -0.25) is 14.5 Å². The summed E-state index contributed by atoms with van der Waals surface area (Å²) in [6, 6.07) is 20.3. The quantitative estimate of drug-likeness (QED) is 0.208. The van der Waals surface area contributed by atoms with E-state index in [0.29, 0.717) is 24.3 Å². The Morgan fingerprint density at radius 3 is 2.20 bits per heavy atom.